The molecule has 0 unspecified atom stereocenters. The zero-order valence-corrected chi connectivity index (χ0v) is 16.5. The van der Waals surface area contributed by atoms with E-state index in [1.54, 1.807) is 0 Å². The van der Waals surface area contributed by atoms with E-state index in [1.165, 1.54) is 50.8 Å². The summed E-state index contributed by atoms with van der Waals surface area (Å²) in [6, 6.07) is 8.36. The molecule has 0 atom stereocenters. The first-order chi connectivity index (χ1) is 13.1. The number of benzene rings is 1. The van der Waals surface area contributed by atoms with Crippen molar-refractivity contribution in [3.8, 4) is 0 Å². The summed E-state index contributed by atoms with van der Waals surface area (Å²) in [4.78, 5) is 17.2. The molecular weight excluding hydrogens is 336 g/mol. The third kappa shape index (κ3) is 5.09. The van der Waals surface area contributed by atoms with E-state index in [4.69, 9.17) is 5.73 Å². The number of hydrogen-bond acceptors (Lipinski definition) is 4. The summed E-state index contributed by atoms with van der Waals surface area (Å²) in [7, 11) is 0. The van der Waals surface area contributed by atoms with Crippen LogP contribution in [0.15, 0.2) is 24.3 Å². The predicted molar refractivity (Wildman–Crippen MR) is 110 cm³/mol. The van der Waals surface area contributed by atoms with Crippen molar-refractivity contribution >= 4 is 11.6 Å². The van der Waals surface area contributed by atoms with Gasteiger partial charge in [-0.05, 0) is 88.3 Å². The number of anilines is 1. The minimum absolute atomic E-state index is 0.0890. The number of nitrogens with two attached hydrogens (primary N) is 1. The molecule has 5 nitrogen and oxygen atoms in total. The van der Waals surface area contributed by atoms with Crippen molar-refractivity contribution in [2.75, 3.05) is 38.0 Å². The van der Waals surface area contributed by atoms with Crippen LogP contribution in [-0.4, -0.2) is 54.0 Å². The van der Waals surface area contributed by atoms with Gasteiger partial charge in [-0.25, -0.2) is 0 Å². The molecule has 1 amide bonds. The lowest BCUT2D eigenvalue weighted by molar-refractivity contribution is -0.117. The number of carbonyl (C=O) groups excluding carboxylic acids is 1. The van der Waals surface area contributed by atoms with Crippen molar-refractivity contribution in [3.05, 3.63) is 29.8 Å². The molecule has 1 aromatic carbocycles. The van der Waals surface area contributed by atoms with Gasteiger partial charge in [0.15, 0.2) is 0 Å². The molecule has 0 bridgehead atoms. The smallest absolute Gasteiger partial charge is 0.238 e. The predicted octanol–water partition coefficient (Wildman–Crippen LogP) is 2.81. The van der Waals surface area contributed by atoms with Gasteiger partial charge in [-0.15, -0.1) is 0 Å². The fourth-order valence-corrected chi connectivity index (χ4v) is 4.69. The van der Waals surface area contributed by atoms with E-state index in [2.05, 4.69) is 27.2 Å². The Labute approximate surface area is 163 Å². The average molecular weight is 371 g/mol. The summed E-state index contributed by atoms with van der Waals surface area (Å²) < 4.78 is 0. The van der Waals surface area contributed by atoms with Gasteiger partial charge in [-0.2, -0.15) is 0 Å². The molecular formula is C22H34N4O. The molecule has 5 heteroatoms. The summed E-state index contributed by atoms with van der Waals surface area (Å²) >= 11 is 0. The van der Waals surface area contributed by atoms with Crippen molar-refractivity contribution in [1.82, 2.24) is 9.80 Å². The highest BCUT2D eigenvalue weighted by atomic mass is 16.2. The number of piperidine rings is 2. The molecule has 1 aliphatic carbocycles. The minimum Gasteiger partial charge on any atom is -0.325 e. The lowest BCUT2D eigenvalue weighted by atomic mass is 9.88. The molecule has 148 valence electrons. The van der Waals surface area contributed by atoms with E-state index in [1.807, 2.05) is 12.1 Å². The monoisotopic (exact) mass is 370 g/mol. The first-order valence-electron chi connectivity index (χ1n) is 10.7. The van der Waals surface area contributed by atoms with Crippen LogP contribution < -0.4 is 11.1 Å². The number of carbonyl (C=O) groups is 1. The maximum absolute atomic E-state index is 12.4. The van der Waals surface area contributed by atoms with E-state index >= 15 is 0 Å². The molecule has 0 spiro atoms. The van der Waals surface area contributed by atoms with Crippen LogP contribution in [-0.2, 0) is 11.3 Å². The van der Waals surface area contributed by atoms with Crippen LogP contribution in [0.25, 0.3) is 0 Å². The van der Waals surface area contributed by atoms with E-state index < -0.39 is 0 Å². The van der Waals surface area contributed by atoms with E-state index in [-0.39, 0.29) is 11.4 Å². The Morgan fingerprint density at radius 1 is 1.00 bits per heavy atom. The molecule has 4 rings (SSSR count). The average Bonchev–Trinajstić information content (AvgIpc) is 3.43. The number of likely N-dealkylation sites (tertiary alicyclic amines) is 2. The molecule has 1 aromatic rings. The Morgan fingerprint density at radius 2 is 1.67 bits per heavy atom. The van der Waals surface area contributed by atoms with Crippen molar-refractivity contribution in [3.63, 3.8) is 0 Å². The largest absolute Gasteiger partial charge is 0.325 e. The van der Waals surface area contributed by atoms with Crippen molar-refractivity contribution in [2.24, 2.45) is 11.7 Å². The fraction of sp³-hybridized carbons (Fsp3) is 0.682. The second kappa shape index (κ2) is 8.29. The normalized spacial score (nSPS) is 23.9. The van der Waals surface area contributed by atoms with E-state index in [0.29, 0.717) is 12.5 Å². The highest BCUT2D eigenvalue weighted by molar-refractivity contribution is 5.92. The standard InChI is InChI=1S/C22H34N4O/c23-22(10-11-22)19-8-14-26(15-9-19)17-21(27)24-20-6-4-18(5-7-20)16-25-12-2-1-3-13-25/h4-7,19H,1-3,8-17,23H2,(H,24,27). The quantitative estimate of drug-likeness (QED) is 0.808. The number of amides is 1. The number of nitrogens with zero attached hydrogens (tertiary/aromatic N) is 2. The molecule has 3 N–H and O–H groups in total. The van der Waals surface area contributed by atoms with Gasteiger partial charge in [0.1, 0.15) is 0 Å². The van der Waals surface area contributed by atoms with E-state index in [9.17, 15) is 4.79 Å². The zero-order chi connectivity index (χ0) is 18.7. The van der Waals surface area contributed by atoms with Gasteiger partial charge in [-0.1, -0.05) is 18.6 Å². The number of rotatable bonds is 6. The highest BCUT2D eigenvalue weighted by Crippen LogP contribution is 2.44. The van der Waals surface area contributed by atoms with Crippen molar-refractivity contribution in [2.45, 2.75) is 57.0 Å². The van der Waals surface area contributed by atoms with Crippen molar-refractivity contribution < 1.29 is 4.79 Å². The number of hydrogen-bond donors (Lipinski definition) is 2. The lowest BCUT2D eigenvalue weighted by Crippen LogP contribution is -2.44. The Kier molecular flexibility index (Phi) is 5.81. The summed E-state index contributed by atoms with van der Waals surface area (Å²) in [5, 5.41) is 3.05. The van der Waals surface area contributed by atoms with Gasteiger partial charge in [0.05, 0.1) is 6.54 Å². The van der Waals surface area contributed by atoms with Crippen molar-refractivity contribution in [1.29, 1.82) is 0 Å². The Hall–Kier alpha value is -1.43. The second-order valence-electron chi connectivity index (χ2n) is 8.87. The number of nitrogens with one attached hydrogen (secondary N) is 1. The van der Waals surface area contributed by atoms with Crippen LogP contribution in [0.5, 0.6) is 0 Å². The third-order valence-corrected chi connectivity index (χ3v) is 6.69. The van der Waals surface area contributed by atoms with Gasteiger partial charge >= 0.3 is 0 Å². The third-order valence-electron chi connectivity index (χ3n) is 6.69. The second-order valence-corrected chi connectivity index (χ2v) is 8.87. The SMILES string of the molecule is NC1(C2CCN(CC(=O)Nc3ccc(CN4CCCCC4)cc3)CC2)CC1. The molecule has 0 radical (unpaired) electrons. The van der Waals surface area contributed by atoms with Gasteiger partial charge in [0.25, 0.3) is 0 Å². The van der Waals surface area contributed by atoms with Crippen LogP contribution in [0.1, 0.15) is 50.5 Å². The minimum atomic E-state index is 0.0890. The topological polar surface area (TPSA) is 61.6 Å². The maximum atomic E-state index is 12.4. The lowest BCUT2D eigenvalue weighted by Gasteiger charge is -2.34. The molecule has 1 saturated carbocycles. The zero-order valence-electron chi connectivity index (χ0n) is 16.5. The summed E-state index contributed by atoms with van der Waals surface area (Å²) in [6.07, 6.45) is 8.64. The van der Waals surface area contributed by atoms with Gasteiger partial charge in [0, 0.05) is 17.8 Å². The summed E-state index contributed by atoms with van der Waals surface area (Å²) in [6.45, 7) is 5.91. The molecule has 2 heterocycles. The first kappa shape index (κ1) is 18.9. The highest BCUT2D eigenvalue weighted by Gasteiger charge is 2.46. The molecule has 3 aliphatic rings. The Bertz CT molecular complexity index is 626. The maximum Gasteiger partial charge on any atom is 0.238 e. The van der Waals surface area contributed by atoms with Crippen LogP contribution in [0.2, 0.25) is 0 Å². The van der Waals surface area contributed by atoms with E-state index in [0.717, 1.165) is 38.2 Å². The van der Waals surface area contributed by atoms with Gasteiger partial charge in [-0.3, -0.25) is 14.6 Å². The fourth-order valence-electron chi connectivity index (χ4n) is 4.69. The molecule has 2 aliphatic heterocycles. The summed E-state index contributed by atoms with van der Waals surface area (Å²) in [5.41, 5.74) is 8.70. The molecule has 3 fully saturated rings. The van der Waals surface area contributed by atoms with Gasteiger partial charge < -0.3 is 11.1 Å². The first-order valence-corrected chi connectivity index (χ1v) is 10.7. The van der Waals surface area contributed by atoms with Crippen LogP contribution in [0.4, 0.5) is 5.69 Å². The van der Waals surface area contributed by atoms with Crippen LogP contribution in [0, 0.1) is 5.92 Å². The van der Waals surface area contributed by atoms with Gasteiger partial charge in [0.2, 0.25) is 5.91 Å². The van der Waals surface area contributed by atoms with Crippen LogP contribution >= 0.6 is 0 Å². The van der Waals surface area contributed by atoms with Crippen LogP contribution in [0.3, 0.4) is 0 Å². The molecule has 27 heavy (non-hydrogen) atoms. The molecule has 2 saturated heterocycles. The Morgan fingerprint density at radius 3 is 2.30 bits per heavy atom. The summed E-state index contributed by atoms with van der Waals surface area (Å²) in [5.74, 6) is 0.746. The Balaban J connectivity index is 1.20. The molecule has 0 aromatic heterocycles.